The molecule has 5 saturated heterocycles. The van der Waals surface area contributed by atoms with Gasteiger partial charge in [-0.3, -0.25) is 9.80 Å². The molecular weight excluding hydrogens is 380 g/mol. The minimum atomic E-state index is 0.483. The molecule has 5 aliphatic rings. The normalized spacial score (nSPS) is 34.6. The molecule has 182 valence electrons. The van der Waals surface area contributed by atoms with E-state index in [1.807, 2.05) is 0 Å². The maximum atomic E-state index is 2.76. The average Bonchev–Trinajstić information content (AvgIpc) is 3.12. The van der Waals surface area contributed by atoms with Crippen LogP contribution in [0.1, 0.15) is 75.7 Å². The average molecular weight is 435 g/mol. The van der Waals surface area contributed by atoms with Crippen LogP contribution in [-0.4, -0.2) is 95.6 Å². The van der Waals surface area contributed by atoms with Crippen molar-refractivity contribution < 1.29 is 0 Å². The fourth-order valence-corrected chi connectivity index (χ4v) is 6.82. The van der Waals surface area contributed by atoms with Gasteiger partial charge in [0.05, 0.1) is 0 Å². The summed E-state index contributed by atoms with van der Waals surface area (Å²) in [6.45, 7) is 32.9. The first-order valence-corrected chi connectivity index (χ1v) is 13.4. The van der Waals surface area contributed by atoms with Gasteiger partial charge in [-0.2, -0.15) is 0 Å². The molecule has 0 spiro atoms. The van der Waals surface area contributed by atoms with E-state index in [2.05, 4.69) is 88.8 Å². The van der Waals surface area contributed by atoms with E-state index in [-0.39, 0.29) is 0 Å². The van der Waals surface area contributed by atoms with Crippen LogP contribution in [0.3, 0.4) is 0 Å². The Bertz CT molecular complexity index is 534. The summed E-state index contributed by atoms with van der Waals surface area (Å²) in [6.07, 6.45) is 1.41. The molecule has 5 heterocycles. The van der Waals surface area contributed by atoms with Crippen LogP contribution < -0.4 is 0 Å². The summed E-state index contributed by atoms with van der Waals surface area (Å²) in [4.78, 5) is 10.8. The summed E-state index contributed by atoms with van der Waals surface area (Å²) >= 11 is 0. The second kappa shape index (κ2) is 9.99. The van der Waals surface area contributed by atoms with E-state index in [0.29, 0.717) is 17.5 Å². The molecule has 2 bridgehead atoms. The fourth-order valence-electron chi connectivity index (χ4n) is 6.82. The third-order valence-electron chi connectivity index (χ3n) is 8.88. The minimum Gasteiger partial charge on any atom is -0.300 e. The Morgan fingerprint density at radius 1 is 0.548 bits per heavy atom. The summed E-state index contributed by atoms with van der Waals surface area (Å²) in [7, 11) is 0. The van der Waals surface area contributed by atoms with Crippen LogP contribution in [-0.2, 0) is 0 Å². The molecule has 0 aromatic heterocycles. The molecule has 0 saturated carbocycles. The van der Waals surface area contributed by atoms with Gasteiger partial charge in [-0.25, -0.2) is 0 Å². The molecule has 0 aliphatic carbocycles. The van der Waals surface area contributed by atoms with E-state index in [0.717, 1.165) is 35.9 Å². The van der Waals surface area contributed by atoms with Crippen LogP contribution in [0.4, 0.5) is 0 Å². The molecule has 5 rings (SSSR count). The summed E-state index contributed by atoms with van der Waals surface area (Å²) in [6, 6.07) is 3.61. The monoisotopic (exact) mass is 434 g/mol. The summed E-state index contributed by atoms with van der Waals surface area (Å²) in [5.74, 6) is 2.79. The molecular formula is C27H54N4. The topological polar surface area (TPSA) is 13.0 Å². The lowest BCUT2D eigenvalue weighted by atomic mass is 9.73. The molecule has 2 atom stereocenters. The molecule has 5 fully saturated rings. The van der Waals surface area contributed by atoms with Crippen molar-refractivity contribution in [1.82, 2.24) is 19.6 Å². The van der Waals surface area contributed by atoms with Gasteiger partial charge >= 0.3 is 0 Å². The van der Waals surface area contributed by atoms with E-state index < -0.39 is 0 Å². The third kappa shape index (κ3) is 5.86. The van der Waals surface area contributed by atoms with Crippen LogP contribution in [0.15, 0.2) is 0 Å². The predicted molar refractivity (Wildman–Crippen MR) is 135 cm³/mol. The van der Waals surface area contributed by atoms with Gasteiger partial charge < -0.3 is 9.80 Å². The van der Waals surface area contributed by atoms with Crippen molar-refractivity contribution in [2.75, 3.05) is 45.8 Å². The predicted octanol–water partition coefficient (Wildman–Crippen LogP) is 4.50. The van der Waals surface area contributed by atoms with E-state index in [1.54, 1.807) is 0 Å². The number of piperidine rings is 1. The molecule has 0 N–H and O–H groups in total. The number of nitrogens with zero attached hydrogens (tertiary/aromatic N) is 4. The van der Waals surface area contributed by atoms with E-state index >= 15 is 0 Å². The number of fused-ring (bicyclic) bond motifs is 5. The van der Waals surface area contributed by atoms with Crippen LogP contribution in [0.2, 0.25) is 0 Å². The molecule has 0 aromatic rings. The number of rotatable bonds is 4. The van der Waals surface area contributed by atoms with Crippen LogP contribution in [0.5, 0.6) is 0 Å². The van der Waals surface area contributed by atoms with Gasteiger partial charge in [-0.05, 0) is 85.0 Å². The number of hydrogen-bond donors (Lipinski definition) is 0. The minimum absolute atomic E-state index is 0.483. The molecule has 31 heavy (non-hydrogen) atoms. The molecule has 0 aromatic carbocycles. The molecule has 5 aliphatic heterocycles. The van der Waals surface area contributed by atoms with Crippen LogP contribution in [0, 0.1) is 23.2 Å². The first-order valence-electron chi connectivity index (χ1n) is 13.4. The van der Waals surface area contributed by atoms with Crippen molar-refractivity contribution in [3.8, 4) is 0 Å². The summed E-state index contributed by atoms with van der Waals surface area (Å²) in [5, 5.41) is 0. The smallest absolute Gasteiger partial charge is 0.0277 e. The highest BCUT2D eigenvalue weighted by Gasteiger charge is 2.46. The highest BCUT2D eigenvalue weighted by atomic mass is 15.3. The number of hydrogen-bond acceptors (Lipinski definition) is 4. The fraction of sp³-hybridized carbons (Fsp3) is 1.00. The lowest BCUT2D eigenvalue weighted by molar-refractivity contribution is 0.00297. The van der Waals surface area contributed by atoms with Gasteiger partial charge in [0.15, 0.2) is 0 Å². The summed E-state index contributed by atoms with van der Waals surface area (Å²) in [5.41, 5.74) is 0.483. The Balaban J connectivity index is 0.000000179. The maximum Gasteiger partial charge on any atom is 0.0277 e. The zero-order valence-electron chi connectivity index (χ0n) is 22.6. The lowest BCUT2D eigenvalue weighted by Crippen LogP contribution is -2.56. The molecule has 2 unspecified atom stereocenters. The zero-order chi connectivity index (χ0) is 23.1. The standard InChI is InChI=1S/C15H30N2.C12H24N2/c1-11(2)16-8-13-7-15(5,6)14(10-16)17(9-13)12(3)4;1-9(2)13-5-11-7-14(10(3)4)8-12(11)6-13/h11-14H,7-10H2,1-6H3;9-12H,5-8H2,1-4H3. The Kier molecular flexibility index (Phi) is 8.21. The van der Waals surface area contributed by atoms with Crippen molar-refractivity contribution in [3.05, 3.63) is 0 Å². The van der Waals surface area contributed by atoms with Crippen molar-refractivity contribution in [1.29, 1.82) is 0 Å². The van der Waals surface area contributed by atoms with Gasteiger partial charge in [0.25, 0.3) is 0 Å². The number of likely N-dealkylation sites (tertiary alicyclic amines) is 2. The van der Waals surface area contributed by atoms with Crippen molar-refractivity contribution >= 4 is 0 Å². The van der Waals surface area contributed by atoms with Crippen LogP contribution in [0.25, 0.3) is 0 Å². The highest BCUT2D eigenvalue weighted by molar-refractivity contribution is 5.00. The second-order valence-electron chi connectivity index (χ2n) is 13.0. The first kappa shape index (κ1) is 25.5. The highest BCUT2D eigenvalue weighted by Crippen LogP contribution is 2.42. The van der Waals surface area contributed by atoms with Crippen molar-refractivity contribution in [3.63, 3.8) is 0 Å². The SMILES string of the molecule is CC(C)N1CC2CN(C(C)C)C(C1)C(C)(C)C2.CC(C)N1CC2CN(C(C)C)CC2C1. The van der Waals surface area contributed by atoms with E-state index in [9.17, 15) is 0 Å². The molecule has 0 amide bonds. The molecule has 4 nitrogen and oxygen atoms in total. The first-order chi connectivity index (χ1) is 14.4. The lowest BCUT2D eigenvalue weighted by Gasteiger charge is -2.49. The van der Waals surface area contributed by atoms with Gasteiger partial charge in [-0.15, -0.1) is 0 Å². The second-order valence-corrected chi connectivity index (χ2v) is 13.0. The van der Waals surface area contributed by atoms with Crippen LogP contribution >= 0.6 is 0 Å². The van der Waals surface area contributed by atoms with Gasteiger partial charge in [0.1, 0.15) is 0 Å². The largest absolute Gasteiger partial charge is 0.300 e. The quantitative estimate of drug-likeness (QED) is 0.646. The Labute approximate surface area is 194 Å². The summed E-state index contributed by atoms with van der Waals surface area (Å²) < 4.78 is 0. The molecule has 4 heteroatoms. The van der Waals surface area contributed by atoms with Crippen molar-refractivity contribution in [2.24, 2.45) is 23.2 Å². The van der Waals surface area contributed by atoms with Gasteiger partial charge in [0, 0.05) is 76.0 Å². The Morgan fingerprint density at radius 3 is 1.35 bits per heavy atom. The van der Waals surface area contributed by atoms with Gasteiger partial charge in [-0.1, -0.05) is 13.8 Å². The zero-order valence-corrected chi connectivity index (χ0v) is 22.6. The maximum absolute atomic E-state index is 2.76. The Hall–Kier alpha value is -0.160. The van der Waals surface area contributed by atoms with E-state index in [4.69, 9.17) is 0 Å². The Morgan fingerprint density at radius 2 is 0.968 bits per heavy atom. The molecule has 0 radical (unpaired) electrons. The van der Waals surface area contributed by atoms with E-state index in [1.165, 1.54) is 52.2 Å². The van der Waals surface area contributed by atoms with Gasteiger partial charge in [0.2, 0.25) is 0 Å². The third-order valence-corrected chi connectivity index (χ3v) is 8.88. The van der Waals surface area contributed by atoms with Crippen molar-refractivity contribution in [2.45, 2.75) is 106 Å².